The molecule has 1 heterocycles. The molecule has 1 aromatic carbocycles. The first-order chi connectivity index (χ1) is 9.21. The Morgan fingerprint density at radius 3 is 2.58 bits per heavy atom. The topological polar surface area (TPSA) is 47.0 Å². The van der Waals surface area contributed by atoms with E-state index < -0.39 is 0 Å². The van der Waals surface area contributed by atoms with Gasteiger partial charge in [0, 0.05) is 17.5 Å². The van der Waals surface area contributed by atoms with Crippen LogP contribution in [0.3, 0.4) is 0 Å². The Hall–Kier alpha value is -1.75. The van der Waals surface area contributed by atoms with Gasteiger partial charge in [0.15, 0.2) is 0 Å². The van der Waals surface area contributed by atoms with Crippen LogP contribution in [0.4, 0.5) is 5.82 Å². The van der Waals surface area contributed by atoms with Gasteiger partial charge in [0.1, 0.15) is 22.4 Å². The van der Waals surface area contributed by atoms with Crippen molar-refractivity contribution in [3.63, 3.8) is 0 Å². The average molecular weight is 275 g/mol. The molecule has 0 spiro atoms. The van der Waals surface area contributed by atoms with Crippen LogP contribution in [0.15, 0.2) is 40.3 Å². The zero-order chi connectivity index (χ0) is 13.7. The maximum atomic E-state index is 5.14. The molecule has 0 aliphatic heterocycles. The molecule has 0 atom stereocenters. The van der Waals surface area contributed by atoms with Gasteiger partial charge in [-0.3, -0.25) is 0 Å². The van der Waals surface area contributed by atoms with Gasteiger partial charge in [-0.05, 0) is 38.1 Å². The normalized spacial score (nSPS) is 10.3. The number of anilines is 1. The summed E-state index contributed by atoms with van der Waals surface area (Å²) in [5.74, 6) is 2.50. The lowest BCUT2D eigenvalue weighted by Gasteiger charge is -2.07. The van der Waals surface area contributed by atoms with E-state index in [-0.39, 0.29) is 0 Å². The number of rotatable bonds is 5. The summed E-state index contributed by atoms with van der Waals surface area (Å²) in [5.41, 5.74) is 0. The highest BCUT2D eigenvalue weighted by Gasteiger charge is 2.04. The lowest BCUT2D eigenvalue weighted by Crippen LogP contribution is -2.02. The van der Waals surface area contributed by atoms with Gasteiger partial charge < -0.3 is 10.1 Å². The lowest BCUT2D eigenvalue weighted by molar-refractivity contribution is 0.414. The fourth-order valence-corrected chi connectivity index (χ4v) is 2.49. The average Bonchev–Trinajstić information content (AvgIpc) is 2.39. The number of methoxy groups -OCH3 is 1. The van der Waals surface area contributed by atoms with Gasteiger partial charge in [-0.1, -0.05) is 11.8 Å². The zero-order valence-corrected chi connectivity index (χ0v) is 12.1. The van der Waals surface area contributed by atoms with Crippen molar-refractivity contribution >= 4 is 17.6 Å². The Bertz CT molecular complexity index is 543. The van der Waals surface area contributed by atoms with Crippen molar-refractivity contribution in [1.29, 1.82) is 0 Å². The minimum Gasteiger partial charge on any atom is -0.497 e. The van der Waals surface area contributed by atoms with Crippen molar-refractivity contribution < 1.29 is 4.74 Å². The van der Waals surface area contributed by atoms with Crippen molar-refractivity contribution in [2.75, 3.05) is 19.0 Å². The highest BCUT2D eigenvalue weighted by Crippen LogP contribution is 2.28. The number of benzene rings is 1. The third-order valence-corrected chi connectivity index (χ3v) is 3.38. The first-order valence-corrected chi connectivity index (χ1v) is 6.94. The van der Waals surface area contributed by atoms with Crippen LogP contribution in [0.2, 0.25) is 0 Å². The second kappa shape index (κ2) is 6.43. The second-order valence-corrected chi connectivity index (χ2v) is 5.04. The summed E-state index contributed by atoms with van der Waals surface area (Å²) in [6.07, 6.45) is 0. The number of ether oxygens (including phenoxy) is 1. The molecule has 1 N–H and O–H groups in total. The van der Waals surface area contributed by atoms with Crippen LogP contribution in [0.5, 0.6) is 5.75 Å². The van der Waals surface area contributed by atoms with Crippen molar-refractivity contribution in [3.05, 3.63) is 36.2 Å². The number of aryl methyl sites for hydroxylation is 1. The molecule has 100 valence electrons. The first-order valence-electron chi connectivity index (χ1n) is 6.12. The van der Waals surface area contributed by atoms with E-state index >= 15 is 0 Å². The summed E-state index contributed by atoms with van der Waals surface area (Å²) in [5, 5.41) is 4.15. The van der Waals surface area contributed by atoms with E-state index in [1.165, 1.54) is 0 Å². The van der Waals surface area contributed by atoms with Crippen molar-refractivity contribution in [2.24, 2.45) is 0 Å². The third kappa shape index (κ3) is 3.86. The minimum atomic E-state index is 0.773. The summed E-state index contributed by atoms with van der Waals surface area (Å²) in [6.45, 7) is 4.80. The zero-order valence-electron chi connectivity index (χ0n) is 11.3. The second-order valence-electron chi connectivity index (χ2n) is 3.95. The van der Waals surface area contributed by atoms with Gasteiger partial charge in [-0.25, -0.2) is 9.97 Å². The van der Waals surface area contributed by atoms with Crippen LogP contribution in [-0.2, 0) is 0 Å². The molecule has 0 bridgehead atoms. The molecule has 0 saturated carbocycles. The molecule has 0 fully saturated rings. The number of hydrogen-bond acceptors (Lipinski definition) is 5. The molecule has 19 heavy (non-hydrogen) atoms. The quantitative estimate of drug-likeness (QED) is 0.848. The molecule has 0 unspecified atom stereocenters. The summed E-state index contributed by atoms with van der Waals surface area (Å²) >= 11 is 1.61. The molecular formula is C14H17N3OS. The Morgan fingerprint density at radius 2 is 1.95 bits per heavy atom. The van der Waals surface area contributed by atoms with E-state index in [1.807, 2.05) is 44.2 Å². The van der Waals surface area contributed by atoms with E-state index in [4.69, 9.17) is 4.74 Å². The SMILES string of the molecule is CCNc1cc(Sc2ccc(OC)cc2)nc(C)n1. The monoisotopic (exact) mass is 275 g/mol. The first kappa shape index (κ1) is 13.7. The minimum absolute atomic E-state index is 0.773. The van der Waals surface area contributed by atoms with Crippen LogP contribution in [0.25, 0.3) is 0 Å². The maximum absolute atomic E-state index is 5.14. The Labute approximate surface area is 117 Å². The van der Waals surface area contributed by atoms with Crippen LogP contribution in [-0.4, -0.2) is 23.6 Å². The van der Waals surface area contributed by atoms with Crippen molar-refractivity contribution in [3.8, 4) is 5.75 Å². The Morgan fingerprint density at radius 1 is 1.21 bits per heavy atom. The lowest BCUT2D eigenvalue weighted by atomic mass is 10.3. The van der Waals surface area contributed by atoms with Crippen LogP contribution in [0, 0.1) is 6.92 Å². The van der Waals surface area contributed by atoms with Crippen LogP contribution < -0.4 is 10.1 Å². The molecule has 0 aliphatic carbocycles. The fraction of sp³-hybridized carbons (Fsp3) is 0.286. The fourth-order valence-electron chi connectivity index (χ4n) is 1.63. The van der Waals surface area contributed by atoms with Gasteiger partial charge in [0.05, 0.1) is 7.11 Å². The maximum Gasteiger partial charge on any atom is 0.130 e. The van der Waals surface area contributed by atoms with Gasteiger partial charge in [-0.2, -0.15) is 0 Å². The molecule has 2 rings (SSSR count). The van der Waals surface area contributed by atoms with E-state index in [0.29, 0.717) is 0 Å². The number of nitrogens with zero attached hydrogens (tertiary/aromatic N) is 2. The number of nitrogens with one attached hydrogen (secondary N) is 1. The van der Waals surface area contributed by atoms with Crippen molar-refractivity contribution in [1.82, 2.24) is 9.97 Å². The van der Waals surface area contributed by atoms with Gasteiger partial charge >= 0.3 is 0 Å². The highest BCUT2D eigenvalue weighted by atomic mass is 32.2. The van der Waals surface area contributed by atoms with E-state index in [9.17, 15) is 0 Å². The largest absolute Gasteiger partial charge is 0.497 e. The molecule has 2 aromatic rings. The molecular weight excluding hydrogens is 258 g/mol. The van der Waals surface area contributed by atoms with Crippen LogP contribution in [0.1, 0.15) is 12.7 Å². The molecule has 0 radical (unpaired) electrons. The predicted octanol–water partition coefficient (Wildman–Crippen LogP) is 3.38. The van der Waals surface area contributed by atoms with Crippen LogP contribution >= 0.6 is 11.8 Å². The Kier molecular flexibility index (Phi) is 4.63. The standard InChI is InChI=1S/C14H17N3OS/c1-4-15-13-9-14(17-10(2)16-13)19-12-7-5-11(18-3)6-8-12/h5-9H,4H2,1-3H3,(H,15,16,17). The number of aromatic nitrogens is 2. The summed E-state index contributed by atoms with van der Waals surface area (Å²) in [6, 6.07) is 9.90. The third-order valence-electron chi connectivity index (χ3n) is 2.45. The van der Waals surface area contributed by atoms with E-state index in [1.54, 1.807) is 18.9 Å². The summed E-state index contributed by atoms with van der Waals surface area (Å²) in [7, 11) is 1.67. The van der Waals surface area contributed by atoms with E-state index in [0.717, 1.165) is 33.9 Å². The highest BCUT2D eigenvalue weighted by molar-refractivity contribution is 7.99. The van der Waals surface area contributed by atoms with Gasteiger partial charge in [-0.15, -0.1) is 0 Å². The summed E-state index contributed by atoms with van der Waals surface area (Å²) in [4.78, 5) is 9.90. The van der Waals surface area contributed by atoms with E-state index in [2.05, 4.69) is 15.3 Å². The van der Waals surface area contributed by atoms with Gasteiger partial charge in [0.2, 0.25) is 0 Å². The number of hydrogen-bond donors (Lipinski definition) is 1. The molecule has 1 aromatic heterocycles. The molecule has 5 heteroatoms. The Balaban J connectivity index is 2.17. The molecule has 0 aliphatic rings. The summed E-state index contributed by atoms with van der Waals surface area (Å²) < 4.78 is 5.14. The molecule has 0 saturated heterocycles. The van der Waals surface area contributed by atoms with Crippen molar-refractivity contribution in [2.45, 2.75) is 23.8 Å². The van der Waals surface area contributed by atoms with Gasteiger partial charge in [0.25, 0.3) is 0 Å². The molecule has 0 amide bonds. The smallest absolute Gasteiger partial charge is 0.130 e. The predicted molar refractivity (Wildman–Crippen MR) is 78.0 cm³/mol. The molecule has 4 nitrogen and oxygen atoms in total.